The van der Waals surface area contributed by atoms with E-state index in [1.54, 1.807) is 0 Å². The molecule has 0 atom stereocenters. The molecule has 0 spiro atoms. The number of carbonyl (C=O) groups is 1. The number of aliphatic hydroxyl groups excluding tert-OH is 1. The van der Waals surface area contributed by atoms with E-state index in [-0.39, 0.29) is 12.5 Å². The van der Waals surface area contributed by atoms with Gasteiger partial charge in [0.25, 0.3) is 0 Å². The van der Waals surface area contributed by atoms with Crippen LogP contribution < -0.4 is 4.90 Å². The van der Waals surface area contributed by atoms with Crippen molar-refractivity contribution >= 4 is 11.6 Å². The normalized spacial score (nSPS) is 26.3. The second kappa shape index (κ2) is 5.33. The van der Waals surface area contributed by atoms with E-state index >= 15 is 0 Å². The zero-order valence-electron chi connectivity index (χ0n) is 11.2. The summed E-state index contributed by atoms with van der Waals surface area (Å²) in [6.45, 7) is 1.10. The fourth-order valence-corrected chi connectivity index (χ4v) is 3.38. The lowest BCUT2D eigenvalue weighted by Gasteiger charge is -2.29. The van der Waals surface area contributed by atoms with Gasteiger partial charge >= 0.3 is 0 Å². The summed E-state index contributed by atoms with van der Waals surface area (Å²) in [6, 6.07) is 8.22. The molecule has 1 amide bonds. The van der Waals surface area contributed by atoms with Gasteiger partial charge in [-0.1, -0.05) is 18.2 Å². The van der Waals surface area contributed by atoms with Crippen molar-refractivity contribution in [2.45, 2.75) is 32.1 Å². The number of aliphatic hydroxyl groups is 1. The summed E-state index contributed by atoms with van der Waals surface area (Å²) in [5.74, 6) is 0.866. The van der Waals surface area contributed by atoms with Crippen LogP contribution >= 0.6 is 0 Å². The van der Waals surface area contributed by atoms with Crippen LogP contribution in [0.1, 0.15) is 31.2 Å². The van der Waals surface area contributed by atoms with Gasteiger partial charge in [-0.25, -0.2) is 0 Å². The van der Waals surface area contributed by atoms with Gasteiger partial charge in [0.05, 0.1) is 0 Å². The summed E-state index contributed by atoms with van der Waals surface area (Å²) in [7, 11) is 0. The molecule has 1 heterocycles. The molecule has 1 aromatic rings. The first-order valence-corrected chi connectivity index (χ1v) is 7.29. The van der Waals surface area contributed by atoms with Crippen molar-refractivity contribution in [1.29, 1.82) is 0 Å². The molecular weight excluding hydrogens is 238 g/mol. The first kappa shape index (κ1) is 12.7. The standard InChI is InChI=1S/C16H21NO2/c18-11-12-5-7-14(8-6-12)16(19)17-10-9-13-3-1-2-4-15(13)17/h1-4,12,14,18H,5-11H2. The molecule has 1 aliphatic carbocycles. The molecule has 0 saturated heterocycles. The summed E-state index contributed by atoms with van der Waals surface area (Å²) in [6.07, 6.45) is 4.82. The highest BCUT2D eigenvalue weighted by molar-refractivity contribution is 5.97. The Hall–Kier alpha value is -1.35. The van der Waals surface area contributed by atoms with Gasteiger partial charge < -0.3 is 10.0 Å². The Morgan fingerprint density at radius 3 is 2.68 bits per heavy atom. The summed E-state index contributed by atoms with van der Waals surface area (Å²) in [5.41, 5.74) is 2.40. The van der Waals surface area contributed by atoms with Crippen LogP contribution in [0.2, 0.25) is 0 Å². The van der Waals surface area contributed by atoms with Gasteiger partial charge in [-0.3, -0.25) is 4.79 Å². The fraction of sp³-hybridized carbons (Fsp3) is 0.562. The maximum Gasteiger partial charge on any atom is 0.230 e. The molecule has 0 unspecified atom stereocenters. The quantitative estimate of drug-likeness (QED) is 0.886. The Labute approximate surface area is 114 Å². The van der Waals surface area contributed by atoms with Crippen molar-refractivity contribution in [2.75, 3.05) is 18.1 Å². The first-order chi connectivity index (χ1) is 9.29. The van der Waals surface area contributed by atoms with E-state index in [0.29, 0.717) is 11.8 Å². The molecule has 1 N–H and O–H groups in total. The van der Waals surface area contributed by atoms with Crippen molar-refractivity contribution in [2.24, 2.45) is 11.8 Å². The van der Waals surface area contributed by atoms with Crippen LogP contribution in [0.5, 0.6) is 0 Å². The molecule has 0 bridgehead atoms. The molecular formula is C16H21NO2. The predicted octanol–water partition coefficient (Wildman–Crippen LogP) is 2.37. The van der Waals surface area contributed by atoms with Crippen molar-refractivity contribution in [3.63, 3.8) is 0 Å². The highest BCUT2D eigenvalue weighted by Gasteiger charge is 2.32. The topological polar surface area (TPSA) is 40.5 Å². The van der Waals surface area contributed by atoms with E-state index in [1.807, 2.05) is 17.0 Å². The molecule has 3 nitrogen and oxygen atoms in total. The minimum absolute atomic E-state index is 0.161. The van der Waals surface area contributed by atoms with Gasteiger partial charge in [-0.15, -0.1) is 0 Å². The third-order valence-corrected chi connectivity index (χ3v) is 4.61. The number of anilines is 1. The van der Waals surface area contributed by atoms with Crippen molar-refractivity contribution in [1.82, 2.24) is 0 Å². The van der Waals surface area contributed by atoms with Crippen LogP contribution in [0.3, 0.4) is 0 Å². The maximum absolute atomic E-state index is 12.6. The summed E-state index contributed by atoms with van der Waals surface area (Å²) in [5, 5.41) is 9.16. The van der Waals surface area contributed by atoms with Crippen LogP contribution in [0.15, 0.2) is 24.3 Å². The minimum Gasteiger partial charge on any atom is -0.396 e. The summed E-state index contributed by atoms with van der Waals surface area (Å²) >= 11 is 0. The molecule has 2 aliphatic rings. The Morgan fingerprint density at radius 2 is 1.95 bits per heavy atom. The number of hydrogen-bond acceptors (Lipinski definition) is 2. The third-order valence-electron chi connectivity index (χ3n) is 4.61. The molecule has 3 rings (SSSR count). The van der Waals surface area contributed by atoms with Gasteiger partial charge in [-0.2, -0.15) is 0 Å². The molecule has 1 saturated carbocycles. The maximum atomic E-state index is 12.6. The molecule has 1 aromatic carbocycles. The number of amides is 1. The highest BCUT2D eigenvalue weighted by atomic mass is 16.3. The second-order valence-electron chi connectivity index (χ2n) is 5.77. The number of hydrogen-bond donors (Lipinski definition) is 1. The van der Waals surface area contributed by atoms with Crippen molar-refractivity contribution in [3.8, 4) is 0 Å². The third kappa shape index (κ3) is 2.39. The Kier molecular flexibility index (Phi) is 3.56. The zero-order chi connectivity index (χ0) is 13.2. The molecule has 1 aliphatic heterocycles. The van der Waals surface area contributed by atoms with Gasteiger partial charge in [0.15, 0.2) is 0 Å². The zero-order valence-corrected chi connectivity index (χ0v) is 11.2. The van der Waals surface area contributed by atoms with Gasteiger partial charge in [-0.05, 0) is 49.7 Å². The number of fused-ring (bicyclic) bond motifs is 1. The van der Waals surface area contributed by atoms with E-state index in [9.17, 15) is 4.79 Å². The van der Waals surface area contributed by atoms with E-state index in [4.69, 9.17) is 5.11 Å². The average molecular weight is 259 g/mol. The van der Waals surface area contributed by atoms with Gasteiger partial charge in [0.2, 0.25) is 5.91 Å². The van der Waals surface area contributed by atoms with Gasteiger partial charge in [0.1, 0.15) is 0 Å². The molecule has 19 heavy (non-hydrogen) atoms. The van der Waals surface area contributed by atoms with Crippen LogP contribution in [0, 0.1) is 11.8 Å². The Bertz CT molecular complexity index is 464. The predicted molar refractivity (Wildman–Crippen MR) is 75.0 cm³/mol. The lowest BCUT2D eigenvalue weighted by atomic mass is 9.82. The van der Waals surface area contributed by atoms with Crippen molar-refractivity contribution < 1.29 is 9.90 Å². The van der Waals surface area contributed by atoms with Gasteiger partial charge in [0, 0.05) is 24.8 Å². The Morgan fingerprint density at radius 1 is 1.21 bits per heavy atom. The lowest BCUT2D eigenvalue weighted by molar-refractivity contribution is -0.123. The lowest BCUT2D eigenvalue weighted by Crippen LogP contribution is -2.37. The van der Waals surface area contributed by atoms with Crippen LogP contribution in [0.25, 0.3) is 0 Å². The monoisotopic (exact) mass is 259 g/mol. The molecule has 102 valence electrons. The first-order valence-electron chi connectivity index (χ1n) is 7.29. The van der Waals surface area contributed by atoms with E-state index in [1.165, 1.54) is 5.56 Å². The van der Waals surface area contributed by atoms with Crippen LogP contribution in [0.4, 0.5) is 5.69 Å². The average Bonchev–Trinajstić information content (AvgIpc) is 2.90. The largest absolute Gasteiger partial charge is 0.396 e. The second-order valence-corrected chi connectivity index (χ2v) is 5.77. The Balaban J connectivity index is 1.69. The fourth-order valence-electron chi connectivity index (χ4n) is 3.38. The minimum atomic E-state index is 0.161. The van der Waals surface area contributed by atoms with E-state index < -0.39 is 0 Å². The number of para-hydroxylation sites is 1. The van der Waals surface area contributed by atoms with E-state index in [2.05, 4.69) is 12.1 Å². The molecule has 3 heteroatoms. The summed E-state index contributed by atoms with van der Waals surface area (Å²) < 4.78 is 0. The smallest absolute Gasteiger partial charge is 0.230 e. The molecule has 0 radical (unpaired) electrons. The van der Waals surface area contributed by atoms with Crippen molar-refractivity contribution in [3.05, 3.63) is 29.8 Å². The number of rotatable bonds is 2. The highest BCUT2D eigenvalue weighted by Crippen LogP contribution is 2.34. The number of nitrogens with zero attached hydrogens (tertiary/aromatic N) is 1. The number of carbonyl (C=O) groups excluding carboxylic acids is 1. The summed E-state index contributed by atoms with van der Waals surface area (Å²) in [4.78, 5) is 14.6. The van der Waals surface area contributed by atoms with E-state index in [0.717, 1.165) is 44.3 Å². The number of benzene rings is 1. The molecule has 1 fully saturated rings. The van der Waals surface area contributed by atoms with Crippen LogP contribution in [-0.2, 0) is 11.2 Å². The SMILES string of the molecule is O=C(C1CCC(CO)CC1)N1CCc2ccccc21. The van der Waals surface area contributed by atoms with Crippen LogP contribution in [-0.4, -0.2) is 24.2 Å². The molecule has 0 aromatic heterocycles.